The average Bonchev–Trinajstić information content (AvgIpc) is 2.86. The Morgan fingerprint density at radius 3 is 2.65 bits per heavy atom. The number of rotatable bonds is 5. The smallest absolute Gasteiger partial charge is 0.328 e. The predicted molar refractivity (Wildman–Crippen MR) is 82.1 cm³/mol. The minimum atomic E-state index is -1.17. The summed E-state index contributed by atoms with van der Waals surface area (Å²) in [4.78, 5) is 37.1. The molecule has 4 N–H and O–H groups in total. The van der Waals surface area contributed by atoms with Crippen LogP contribution in [0.5, 0.6) is 0 Å². The second-order valence-electron chi connectivity index (χ2n) is 5.71. The molecule has 0 aliphatic heterocycles. The molecule has 1 saturated carbocycles. The first-order valence-corrected chi connectivity index (χ1v) is 7.45. The first-order valence-electron chi connectivity index (χ1n) is 7.45. The van der Waals surface area contributed by atoms with Gasteiger partial charge in [0.15, 0.2) is 0 Å². The van der Waals surface area contributed by atoms with Crippen molar-refractivity contribution in [2.45, 2.75) is 38.3 Å². The fraction of sp³-hybridized carbons (Fsp3) is 0.533. The molecule has 1 aromatic heterocycles. The van der Waals surface area contributed by atoms with Crippen molar-refractivity contribution in [3.05, 3.63) is 38.7 Å². The Morgan fingerprint density at radius 2 is 2.13 bits per heavy atom. The normalized spacial score (nSPS) is 24.8. The highest BCUT2D eigenvalue weighted by molar-refractivity contribution is 5.89. The van der Waals surface area contributed by atoms with Crippen LogP contribution in [0.4, 0.5) is 0 Å². The van der Waals surface area contributed by atoms with Gasteiger partial charge in [0.2, 0.25) is 0 Å². The van der Waals surface area contributed by atoms with Crippen LogP contribution < -0.4 is 11.2 Å². The van der Waals surface area contributed by atoms with Gasteiger partial charge in [0.25, 0.3) is 5.56 Å². The maximum absolute atomic E-state index is 12.0. The van der Waals surface area contributed by atoms with E-state index >= 15 is 0 Å². The van der Waals surface area contributed by atoms with E-state index in [1.807, 2.05) is 0 Å². The molecule has 0 bridgehead atoms. The molecule has 1 heterocycles. The number of aliphatic hydroxyl groups is 2. The van der Waals surface area contributed by atoms with Gasteiger partial charge in [-0.1, -0.05) is 6.92 Å². The van der Waals surface area contributed by atoms with Crippen LogP contribution in [0, 0.1) is 5.92 Å². The summed E-state index contributed by atoms with van der Waals surface area (Å²) >= 11 is 0. The van der Waals surface area contributed by atoms with Crippen molar-refractivity contribution < 1.29 is 20.1 Å². The number of nitrogens with zero attached hydrogens (tertiary/aromatic N) is 1. The number of allylic oxidation sites excluding steroid dienone is 1. The van der Waals surface area contributed by atoms with Crippen LogP contribution in [0.25, 0.3) is 5.57 Å². The molecule has 1 fully saturated rings. The van der Waals surface area contributed by atoms with Gasteiger partial charge in [0, 0.05) is 30.8 Å². The number of hydrogen-bond donors (Lipinski definition) is 4. The number of carbonyl (C=O) groups is 1. The lowest BCUT2D eigenvalue weighted by atomic mass is 10.1. The number of H-pyrrole nitrogens is 1. The maximum atomic E-state index is 12.0. The molecule has 126 valence electrons. The fourth-order valence-corrected chi connectivity index (χ4v) is 3.00. The Labute approximate surface area is 131 Å². The van der Waals surface area contributed by atoms with Gasteiger partial charge in [-0.25, -0.2) is 9.59 Å². The molecule has 3 unspecified atom stereocenters. The lowest BCUT2D eigenvalue weighted by Crippen LogP contribution is -2.33. The Morgan fingerprint density at radius 1 is 1.43 bits per heavy atom. The van der Waals surface area contributed by atoms with Crippen LogP contribution in [0.15, 0.2) is 21.9 Å². The first-order chi connectivity index (χ1) is 10.9. The Hall–Kier alpha value is -2.19. The summed E-state index contributed by atoms with van der Waals surface area (Å²) in [5, 5.41) is 28.0. The summed E-state index contributed by atoms with van der Waals surface area (Å²) in [7, 11) is 0. The van der Waals surface area contributed by atoms with Crippen molar-refractivity contribution in [2.24, 2.45) is 5.92 Å². The molecule has 0 aromatic carbocycles. The van der Waals surface area contributed by atoms with Gasteiger partial charge in [0.05, 0.1) is 11.7 Å². The highest BCUT2D eigenvalue weighted by Gasteiger charge is 2.34. The van der Waals surface area contributed by atoms with Gasteiger partial charge >= 0.3 is 11.7 Å². The topological polar surface area (TPSA) is 133 Å². The summed E-state index contributed by atoms with van der Waals surface area (Å²) in [6.07, 6.45) is 2.59. The molecule has 0 spiro atoms. The van der Waals surface area contributed by atoms with E-state index in [0.717, 1.165) is 6.08 Å². The summed E-state index contributed by atoms with van der Waals surface area (Å²) in [6.45, 7) is 1.53. The van der Waals surface area contributed by atoms with Gasteiger partial charge in [-0.2, -0.15) is 0 Å². The van der Waals surface area contributed by atoms with Crippen molar-refractivity contribution in [1.29, 1.82) is 0 Å². The summed E-state index contributed by atoms with van der Waals surface area (Å²) < 4.78 is 1.31. The average molecular weight is 324 g/mol. The van der Waals surface area contributed by atoms with Crippen LogP contribution in [-0.2, 0) is 4.79 Å². The largest absolute Gasteiger partial charge is 0.478 e. The summed E-state index contributed by atoms with van der Waals surface area (Å²) in [5.74, 6) is -1.49. The van der Waals surface area contributed by atoms with Crippen LogP contribution in [0.1, 0.15) is 37.8 Å². The molecule has 3 atom stereocenters. The molecule has 0 saturated heterocycles. The standard InChI is InChI=1S/C15H20N2O6/c1-2-8(4-13(20)21)11-6-17(15(23)16-14(11)22)10-3-9(7-18)12(19)5-10/h4,6,9-10,12,18-19H,2-3,5,7H2,1H3,(H,20,21)(H,16,22,23). The maximum Gasteiger partial charge on any atom is 0.328 e. The van der Waals surface area contributed by atoms with Gasteiger partial charge in [-0.3, -0.25) is 14.3 Å². The van der Waals surface area contributed by atoms with E-state index in [2.05, 4.69) is 4.98 Å². The Kier molecular flexibility index (Phi) is 5.17. The van der Waals surface area contributed by atoms with Crippen LogP contribution in [0.3, 0.4) is 0 Å². The van der Waals surface area contributed by atoms with E-state index in [4.69, 9.17) is 5.11 Å². The number of aliphatic hydroxyl groups excluding tert-OH is 2. The molecule has 0 amide bonds. The highest BCUT2D eigenvalue weighted by Crippen LogP contribution is 2.33. The summed E-state index contributed by atoms with van der Waals surface area (Å²) in [5.41, 5.74) is -0.820. The van der Waals surface area contributed by atoms with E-state index < -0.39 is 23.3 Å². The molecule has 8 nitrogen and oxygen atoms in total. The molecule has 2 rings (SSSR count). The van der Waals surface area contributed by atoms with Gasteiger partial charge in [-0.15, -0.1) is 0 Å². The second kappa shape index (κ2) is 6.93. The molecule has 8 heteroatoms. The lowest BCUT2D eigenvalue weighted by Gasteiger charge is -2.15. The van der Waals surface area contributed by atoms with Crippen molar-refractivity contribution in [3.63, 3.8) is 0 Å². The SMILES string of the molecule is CCC(=CC(=O)O)c1cn(C2CC(O)C(CO)C2)c(=O)[nH]c1=O. The zero-order valence-corrected chi connectivity index (χ0v) is 12.7. The zero-order valence-electron chi connectivity index (χ0n) is 12.7. The number of aliphatic carboxylic acids is 1. The minimum absolute atomic E-state index is 0.122. The number of aromatic amines is 1. The van der Waals surface area contributed by atoms with Gasteiger partial charge < -0.3 is 15.3 Å². The molecule has 1 aliphatic carbocycles. The van der Waals surface area contributed by atoms with E-state index in [1.54, 1.807) is 6.92 Å². The fourth-order valence-electron chi connectivity index (χ4n) is 3.00. The molecule has 1 aliphatic rings. The van der Waals surface area contributed by atoms with Crippen molar-refractivity contribution in [2.75, 3.05) is 6.61 Å². The monoisotopic (exact) mass is 324 g/mol. The second-order valence-corrected chi connectivity index (χ2v) is 5.71. The van der Waals surface area contributed by atoms with E-state index in [-0.39, 0.29) is 24.1 Å². The van der Waals surface area contributed by atoms with E-state index in [9.17, 15) is 24.6 Å². The van der Waals surface area contributed by atoms with Crippen LogP contribution in [-0.4, -0.2) is 43.6 Å². The zero-order chi connectivity index (χ0) is 17.1. The third kappa shape index (κ3) is 3.59. The number of hydrogen-bond acceptors (Lipinski definition) is 5. The van der Waals surface area contributed by atoms with Gasteiger partial charge in [0.1, 0.15) is 0 Å². The van der Waals surface area contributed by atoms with Crippen molar-refractivity contribution in [3.8, 4) is 0 Å². The molecular weight excluding hydrogens is 304 g/mol. The Bertz CT molecular complexity index is 732. The number of aromatic nitrogens is 2. The third-order valence-electron chi connectivity index (χ3n) is 4.25. The third-order valence-corrected chi connectivity index (χ3v) is 4.25. The lowest BCUT2D eigenvalue weighted by molar-refractivity contribution is -0.131. The van der Waals surface area contributed by atoms with Crippen molar-refractivity contribution in [1.82, 2.24) is 9.55 Å². The minimum Gasteiger partial charge on any atom is -0.478 e. The first kappa shape index (κ1) is 17.2. The predicted octanol–water partition coefficient (Wildman–Crippen LogP) is -0.281. The van der Waals surface area contributed by atoms with Crippen LogP contribution in [0.2, 0.25) is 0 Å². The van der Waals surface area contributed by atoms with Crippen molar-refractivity contribution >= 4 is 11.5 Å². The number of carboxylic acids is 1. The number of carboxylic acid groups (broad SMARTS) is 1. The van der Waals surface area contributed by atoms with Gasteiger partial charge in [-0.05, 0) is 24.8 Å². The van der Waals surface area contributed by atoms with E-state index in [0.29, 0.717) is 24.8 Å². The Balaban J connectivity index is 2.47. The molecule has 0 radical (unpaired) electrons. The summed E-state index contributed by atoms with van der Waals surface area (Å²) in [6, 6.07) is -0.354. The van der Waals surface area contributed by atoms with E-state index in [1.165, 1.54) is 10.8 Å². The van der Waals surface area contributed by atoms with Crippen LogP contribution >= 0.6 is 0 Å². The molecule has 1 aromatic rings. The molecular formula is C15H20N2O6. The number of nitrogens with one attached hydrogen (secondary N) is 1. The highest BCUT2D eigenvalue weighted by atomic mass is 16.4. The molecule has 23 heavy (non-hydrogen) atoms. The quantitative estimate of drug-likeness (QED) is 0.551.